The van der Waals surface area contributed by atoms with E-state index in [4.69, 9.17) is 5.11 Å². The maximum Gasteiger partial charge on any atom is 0.310 e. The molecule has 0 amide bonds. The first-order valence-electron chi connectivity index (χ1n) is 5.01. The number of hydrogen-bond donors (Lipinski definition) is 2. The molecule has 1 saturated heterocycles. The monoisotopic (exact) mass is 185 g/mol. The zero-order valence-corrected chi connectivity index (χ0v) is 8.47. The van der Waals surface area contributed by atoms with E-state index in [2.05, 4.69) is 19.2 Å². The van der Waals surface area contributed by atoms with Gasteiger partial charge in [0.15, 0.2) is 0 Å². The van der Waals surface area contributed by atoms with Crippen molar-refractivity contribution >= 4 is 5.97 Å². The number of carboxylic acid groups (broad SMARTS) is 1. The van der Waals surface area contributed by atoms with Gasteiger partial charge >= 0.3 is 5.97 Å². The summed E-state index contributed by atoms with van der Waals surface area (Å²) in [5, 5.41) is 12.3. The quantitative estimate of drug-likeness (QED) is 0.697. The second-order valence-corrected chi connectivity index (χ2v) is 4.44. The van der Waals surface area contributed by atoms with Crippen molar-refractivity contribution in [2.75, 3.05) is 13.1 Å². The predicted molar refractivity (Wildman–Crippen MR) is 51.6 cm³/mol. The third-order valence-electron chi connectivity index (χ3n) is 2.90. The van der Waals surface area contributed by atoms with Crippen molar-refractivity contribution in [1.82, 2.24) is 5.32 Å². The van der Waals surface area contributed by atoms with E-state index in [1.165, 1.54) is 0 Å². The van der Waals surface area contributed by atoms with Crippen LogP contribution in [0.3, 0.4) is 0 Å². The molecule has 1 atom stereocenters. The summed E-state index contributed by atoms with van der Waals surface area (Å²) in [6.45, 7) is 5.77. The summed E-state index contributed by atoms with van der Waals surface area (Å²) in [4.78, 5) is 11.1. The highest BCUT2D eigenvalue weighted by molar-refractivity contribution is 5.75. The third kappa shape index (κ3) is 2.44. The van der Waals surface area contributed by atoms with Crippen molar-refractivity contribution in [3.63, 3.8) is 0 Å². The Morgan fingerprint density at radius 1 is 1.62 bits per heavy atom. The lowest BCUT2D eigenvalue weighted by atomic mass is 9.81. The van der Waals surface area contributed by atoms with Gasteiger partial charge in [-0.15, -0.1) is 0 Å². The Balaban J connectivity index is 2.52. The number of rotatable bonds is 4. The van der Waals surface area contributed by atoms with Crippen LogP contribution in [0.1, 0.15) is 33.1 Å². The fourth-order valence-electron chi connectivity index (χ4n) is 1.81. The maximum atomic E-state index is 11.1. The molecule has 1 aliphatic heterocycles. The van der Waals surface area contributed by atoms with Crippen LogP contribution in [0.2, 0.25) is 0 Å². The molecule has 1 unspecified atom stereocenters. The molecule has 3 heteroatoms. The highest BCUT2D eigenvalue weighted by Crippen LogP contribution is 2.32. The van der Waals surface area contributed by atoms with E-state index in [9.17, 15) is 4.79 Å². The molecule has 1 aliphatic rings. The zero-order valence-electron chi connectivity index (χ0n) is 8.47. The molecular formula is C10H19NO2. The van der Waals surface area contributed by atoms with Gasteiger partial charge in [0, 0.05) is 6.54 Å². The topological polar surface area (TPSA) is 49.3 Å². The Bertz CT molecular complexity index is 183. The van der Waals surface area contributed by atoms with E-state index >= 15 is 0 Å². The predicted octanol–water partition coefficient (Wildman–Crippen LogP) is 1.49. The summed E-state index contributed by atoms with van der Waals surface area (Å²) >= 11 is 0. The number of nitrogens with one attached hydrogen (secondary N) is 1. The van der Waals surface area contributed by atoms with Crippen LogP contribution in [0.15, 0.2) is 0 Å². The van der Waals surface area contributed by atoms with Crippen LogP contribution in [0.5, 0.6) is 0 Å². The molecule has 0 saturated carbocycles. The van der Waals surface area contributed by atoms with Crippen molar-refractivity contribution in [2.45, 2.75) is 33.1 Å². The summed E-state index contributed by atoms with van der Waals surface area (Å²) in [6, 6.07) is 0. The summed E-state index contributed by atoms with van der Waals surface area (Å²) in [6.07, 6.45) is 2.61. The van der Waals surface area contributed by atoms with Crippen LogP contribution in [-0.4, -0.2) is 24.2 Å². The first kappa shape index (κ1) is 10.5. The number of carboxylic acids is 1. The van der Waals surface area contributed by atoms with E-state index in [0.29, 0.717) is 12.5 Å². The average Bonchev–Trinajstić information content (AvgIpc) is 2.50. The fraction of sp³-hybridized carbons (Fsp3) is 0.900. The number of hydrogen-bond acceptors (Lipinski definition) is 2. The van der Waals surface area contributed by atoms with Crippen molar-refractivity contribution in [1.29, 1.82) is 0 Å². The maximum absolute atomic E-state index is 11.1. The summed E-state index contributed by atoms with van der Waals surface area (Å²) in [5.41, 5.74) is -0.468. The van der Waals surface area contributed by atoms with Crippen LogP contribution < -0.4 is 5.32 Å². The van der Waals surface area contributed by atoms with E-state index in [0.717, 1.165) is 25.8 Å². The molecule has 3 nitrogen and oxygen atoms in total. The third-order valence-corrected chi connectivity index (χ3v) is 2.90. The highest BCUT2D eigenvalue weighted by atomic mass is 16.4. The molecule has 1 heterocycles. The van der Waals surface area contributed by atoms with Gasteiger partial charge in [-0.05, 0) is 31.7 Å². The minimum atomic E-state index is -0.627. The van der Waals surface area contributed by atoms with E-state index < -0.39 is 11.4 Å². The van der Waals surface area contributed by atoms with Gasteiger partial charge in [-0.1, -0.05) is 13.8 Å². The van der Waals surface area contributed by atoms with Crippen LogP contribution >= 0.6 is 0 Å². The Kier molecular flexibility index (Phi) is 3.31. The van der Waals surface area contributed by atoms with Crippen molar-refractivity contribution in [3.8, 4) is 0 Å². The summed E-state index contributed by atoms with van der Waals surface area (Å²) < 4.78 is 0. The molecule has 2 N–H and O–H groups in total. The van der Waals surface area contributed by atoms with Crippen LogP contribution in [0.4, 0.5) is 0 Å². The Morgan fingerprint density at radius 2 is 2.31 bits per heavy atom. The van der Waals surface area contributed by atoms with E-state index in [1.807, 2.05) is 0 Å². The standard InChI is InChI=1S/C10H19NO2/c1-8(2)3-4-10(9(12)13)5-6-11-7-10/h8,11H,3-7H2,1-2H3,(H,12,13). The second-order valence-electron chi connectivity index (χ2n) is 4.44. The average molecular weight is 185 g/mol. The fourth-order valence-corrected chi connectivity index (χ4v) is 1.81. The number of carbonyl (C=O) groups is 1. The van der Waals surface area contributed by atoms with Crippen LogP contribution in [0, 0.1) is 11.3 Å². The van der Waals surface area contributed by atoms with Crippen LogP contribution in [0.25, 0.3) is 0 Å². The van der Waals surface area contributed by atoms with Crippen molar-refractivity contribution < 1.29 is 9.90 Å². The molecular weight excluding hydrogens is 166 g/mol. The van der Waals surface area contributed by atoms with Gasteiger partial charge in [-0.25, -0.2) is 0 Å². The van der Waals surface area contributed by atoms with Crippen LogP contribution in [-0.2, 0) is 4.79 Å². The van der Waals surface area contributed by atoms with E-state index in [-0.39, 0.29) is 0 Å². The van der Waals surface area contributed by atoms with Crippen molar-refractivity contribution in [2.24, 2.45) is 11.3 Å². The zero-order chi connectivity index (χ0) is 9.90. The molecule has 0 aromatic rings. The lowest BCUT2D eigenvalue weighted by Crippen LogP contribution is -2.33. The molecule has 76 valence electrons. The SMILES string of the molecule is CC(C)CCC1(C(=O)O)CCNC1. The van der Waals surface area contributed by atoms with Gasteiger partial charge in [0.2, 0.25) is 0 Å². The Labute approximate surface area is 79.5 Å². The highest BCUT2D eigenvalue weighted by Gasteiger charge is 2.40. The van der Waals surface area contributed by atoms with Gasteiger partial charge < -0.3 is 10.4 Å². The molecule has 0 aromatic heterocycles. The van der Waals surface area contributed by atoms with Gasteiger partial charge in [0.1, 0.15) is 0 Å². The smallest absolute Gasteiger partial charge is 0.310 e. The van der Waals surface area contributed by atoms with E-state index in [1.54, 1.807) is 0 Å². The summed E-state index contributed by atoms with van der Waals surface area (Å²) in [5.74, 6) is -0.0324. The summed E-state index contributed by atoms with van der Waals surface area (Å²) in [7, 11) is 0. The molecule has 0 bridgehead atoms. The largest absolute Gasteiger partial charge is 0.481 e. The molecule has 1 rings (SSSR count). The van der Waals surface area contributed by atoms with Gasteiger partial charge in [0.05, 0.1) is 5.41 Å². The Hall–Kier alpha value is -0.570. The second kappa shape index (κ2) is 4.09. The number of aliphatic carboxylic acids is 1. The first-order valence-corrected chi connectivity index (χ1v) is 5.01. The minimum absolute atomic E-state index is 0.468. The first-order chi connectivity index (χ1) is 6.07. The minimum Gasteiger partial charge on any atom is -0.481 e. The lowest BCUT2D eigenvalue weighted by molar-refractivity contribution is -0.148. The molecule has 0 aromatic carbocycles. The van der Waals surface area contributed by atoms with Gasteiger partial charge in [0.25, 0.3) is 0 Å². The molecule has 0 spiro atoms. The molecule has 13 heavy (non-hydrogen) atoms. The Morgan fingerprint density at radius 3 is 2.69 bits per heavy atom. The lowest BCUT2D eigenvalue weighted by Gasteiger charge is -2.23. The molecule has 0 radical (unpaired) electrons. The molecule has 0 aliphatic carbocycles. The van der Waals surface area contributed by atoms with Gasteiger partial charge in [-0.2, -0.15) is 0 Å². The molecule has 1 fully saturated rings. The van der Waals surface area contributed by atoms with Crippen molar-refractivity contribution in [3.05, 3.63) is 0 Å². The van der Waals surface area contributed by atoms with Gasteiger partial charge in [-0.3, -0.25) is 4.79 Å². The normalized spacial score (nSPS) is 28.2.